The number of hydrogen-bond acceptors (Lipinski definition) is 7. The van der Waals surface area contributed by atoms with Crippen molar-refractivity contribution in [3.8, 4) is 0 Å². The Labute approximate surface area is 117 Å². The van der Waals surface area contributed by atoms with E-state index in [-0.39, 0.29) is 11.8 Å². The fraction of sp³-hybridized carbons (Fsp3) is 0.667. The quantitative estimate of drug-likeness (QED) is 0.644. The van der Waals surface area contributed by atoms with Gasteiger partial charge < -0.3 is 15.0 Å². The molecule has 0 atom stereocenters. The van der Waals surface area contributed by atoms with Crippen LogP contribution in [0.4, 0.5) is 17.5 Å². The van der Waals surface area contributed by atoms with Gasteiger partial charge in [0, 0.05) is 26.7 Å². The van der Waals surface area contributed by atoms with Crippen LogP contribution in [0.2, 0.25) is 0 Å². The van der Waals surface area contributed by atoms with E-state index >= 15 is 0 Å². The molecule has 8 heteroatoms. The van der Waals surface area contributed by atoms with Gasteiger partial charge in [0.25, 0.3) is 0 Å². The first-order valence-electron chi connectivity index (χ1n) is 6.68. The highest BCUT2D eigenvalue weighted by Crippen LogP contribution is 2.28. The molecule has 8 nitrogen and oxygen atoms in total. The zero-order valence-corrected chi connectivity index (χ0v) is 11.7. The van der Waals surface area contributed by atoms with Crippen molar-refractivity contribution in [2.45, 2.75) is 25.9 Å². The Morgan fingerprint density at radius 3 is 2.80 bits per heavy atom. The van der Waals surface area contributed by atoms with E-state index in [1.165, 1.54) is 6.20 Å². The van der Waals surface area contributed by atoms with Gasteiger partial charge in [-0.15, -0.1) is 0 Å². The number of hydrogen-bond donors (Lipinski definition) is 1. The van der Waals surface area contributed by atoms with Gasteiger partial charge in [0.2, 0.25) is 11.8 Å². The minimum Gasteiger partial charge on any atom is -0.381 e. The summed E-state index contributed by atoms with van der Waals surface area (Å²) in [4.78, 5) is 20.8. The molecule has 1 aliphatic rings. The Hall–Kier alpha value is -1.96. The Kier molecular flexibility index (Phi) is 4.67. The van der Waals surface area contributed by atoms with E-state index in [2.05, 4.69) is 15.3 Å². The first-order valence-corrected chi connectivity index (χ1v) is 6.68. The zero-order valence-electron chi connectivity index (χ0n) is 11.7. The van der Waals surface area contributed by atoms with Crippen LogP contribution in [0, 0.1) is 10.1 Å². The van der Waals surface area contributed by atoms with Gasteiger partial charge in [-0.05, 0) is 19.8 Å². The molecule has 0 radical (unpaired) electrons. The molecule has 20 heavy (non-hydrogen) atoms. The summed E-state index contributed by atoms with van der Waals surface area (Å²) in [5.74, 6) is 0.803. The fourth-order valence-electron chi connectivity index (χ4n) is 2.27. The summed E-state index contributed by atoms with van der Waals surface area (Å²) in [6, 6.07) is 0. The second kappa shape index (κ2) is 6.47. The topological polar surface area (TPSA) is 93.4 Å². The fourth-order valence-corrected chi connectivity index (χ4v) is 2.27. The summed E-state index contributed by atoms with van der Waals surface area (Å²) in [6.45, 7) is 3.99. The predicted molar refractivity (Wildman–Crippen MR) is 75.1 cm³/mol. The number of nitro groups is 1. The molecule has 1 aliphatic heterocycles. The molecule has 0 unspecified atom stereocenters. The maximum Gasteiger partial charge on any atom is 0.329 e. The van der Waals surface area contributed by atoms with Crippen LogP contribution in [-0.2, 0) is 4.74 Å². The molecule has 1 N–H and O–H groups in total. The van der Waals surface area contributed by atoms with Crippen LogP contribution in [0.15, 0.2) is 6.20 Å². The summed E-state index contributed by atoms with van der Waals surface area (Å²) in [5.41, 5.74) is -0.0532. The molecule has 2 rings (SSSR count). The summed E-state index contributed by atoms with van der Waals surface area (Å²) in [6.07, 6.45) is 3.17. The summed E-state index contributed by atoms with van der Waals surface area (Å²) in [5, 5.41) is 14.1. The van der Waals surface area contributed by atoms with Crippen molar-refractivity contribution in [3.05, 3.63) is 16.3 Å². The van der Waals surface area contributed by atoms with Crippen LogP contribution in [0.5, 0.6) is 0 Å². The van der Waals surface area contributed by atoms with Crippen molar-refractivity contribution in [2.75, 3.05) is 37.0 Å². The third-order valence-corrected chi connectivity index (χ3v) is 3.36. The molecule has 1 fully saturated rings. The SMILES string of the molecule is CCNc1ncc([N+](=O)[O-])c(N2CCC(OC)CC2)n1. The van der Waals surface area contributed by atoms with Crippen LogP contribution >= 0.6 is 0 Å². The van der Waals surface area contributed by atoms with Gasteiger partial charge in [-0.1, -0.05) is 0 Å². The van der Waals surface area contributed by atoms with E-state index in [1.807, 2.05) is 11.8 Å². The number of nitrogens with zero attached hydrogens (tertiary/aromatic N) is 4. The van der Waals surface area contributed by atoms with Gasteiger partial charge in [0.15, 0.2) is 0 Å². The number of piperidine rings is 1. The smallest absolute Gasteiger partial charge is 0.329 e. The van der Waals surface area contributed by atoms with Gasteiger partial charge >= 0.3 is 5.69 Å². The summed E-state index contributed by atoms with van der Waals surface area (Å²) < 4.78 is 5.31. The molecule has 0 saturated carbocycles. The van der Waals surface area contributed by atoms with Crippen LogP contribution in [-0.4, -0.2) is 47.7 Å². The van der Waals surface area contributed by atoms with Crippen LogP contribution in [0.25, 0.3) is 0 Å². The Morgan fingerprint density at radius 2 is 2.25 bits per heavy atom. The van der Waals surface area contributed by atoms with Crippen molar-refractivity contribution in [3.63, 3.8) is 0 Å². The van der Waals surface area contributed by atoms with E-state index in [0.29, 0.717) is 31.4 Å². The van der Waals surface area contributed by atoms with Gasteiger partial charge in [0.05, 0.1) is 11.0 Å². The Balaban J connectivity index is 2.23. The molecule has 0 spiro atoms. The lowest BCUT2D eigenvalue weighted by atomic mass is 10.1. The number of rotatable bonds is 5. The minimum atomic E-state index is -0.437. The highest BCUT2D eigenvalue weighted by molar-refractivity contribution is 5.59. The van der Waals surface area contributed by atoms with E-state index in [0.717, 1.165) is 12.8 Å². The monoisotopic (exact) mass is 281 g/mol. The van der Waals surface area contributed by atoms with Gasteiger partial charge in [-0.3, -0.25) is 10.1 Å². The first-order chi connectivity index (χ1) is 9.65. The molecule has 1 aromatic rings. The molecule has 1 aromatic heterocycles. The third-order valence-electron chi connectivity index (χ3n) is 3.36. The van der Waals surface area contributed by atoms with Gasteiger partial charge in [-0.25, -0.2) is 4.98 Å². The Bertz CT molecular complexity index is 474. The molecular formula is C12H19N5O3. The maximum absolute atomic E-state index is 11.1. The van der Waals surface area contributed by atoms with Crippen molar-refractivity contribution < 1.29 is 9.66 Å². The zero-order chi connectivity index (χ0) is 14.5. The minimum absolute atomic E-state index is 0.0532. The van der Waals surface area contributed by atoms with Crippen molar-refractivity contribution in [2.24, 2.45) is 0 Å². The maximum atomic E-state index is 11.1. The third kappa shape index (κ3) is 3.13. The second-order valence-corrected chi connectivity index (χ2v) is 4.61. The average Bonchev–Trinajstić information content (AvgIpc) is 2.47. The second-order valence-electron chi connectivity index (χ2n) is 4.61. The lowest BCUT2D eigenvalue weighted by molar-refractivity contribution is -0.384. The van der Waals surface area contributed by atoms with E-state index in [1.54, 1.807) is 7.11 Å². The van der Waals surface area contributed by atoms with E-state index < -0.39 is 4.92 Å². The standard InChI is InChI=1S/C12H19N5O3/c1-3-13-12-14-8-10(17(18)19)11(15-12)16-6-4-9(20-2)5-7-16/h8-9H,3-7H2,1-2H3,(H,13,14,15). The van der Waals surface area contributed by atoms with Gasteiger partial charge in [-0.2, -0.15) is 4.98 Å². The number of aromatic nitrogens is 2. The number of nitrogens with one attached hydrogen (secondary N) is 1. The van der Waals surface area contributed by atoms with Crippen LogP contribution < -0.4 is 10.2 Å². The predicted octanol–water partition coefficient (Wildman–Crippen LogP) is 1.43. The average molecular weight is 281 g/mol. The Morgan fingerprint density at radius 1 is 1.55 bits per heavy atom. The summed E-state index contributed by atoms with van der Waals surface area (Å²) in [7, 11) is 1.69. The number of methoxy groups -OCH3 is 1. The molecular weight excluding hydrogens is 262 g/mol. The lowest BCUT2D eigenvalue weighted by Crippen LogP contribution is -2.37. The molecule has 110 valence electrons. The molecule has 0 aliphatic carbocycles. The molecule has 0 amide bonds. The normalized spacial score (nSPS) is 16.2. The summed E-state index contributed by atoms with van der Waals surface area (Å²) >= 11 is 0. The van der Waals surface area contributed by atoms with Crippen molar-refractivity contribution in [1.82, 2.24) is 9.97 Å². The first kappa shape index (κ1) is 14.4. The number of anilines is 2. The van der Waals surface area contributed by atoms with E-state index in [9.17, 15) is 10.1 Å². The molecule has 0 aromatic carbocycles. The molecule has 1 saturated heterocycles. The van der Waals surface area contributed by atoms with Crippen LogP contribution in [0.1, 0.15) is 19.8 Å². The highest BCUT2D eigenvalue weighted by Gasteiger charge is 2.27. The van der Waals surface area contributed by atoms with Crippen molar-refractivity contribution >= 4 is 17.5 Å². The molecule has 2 heterocycles. The van der Waals surface area contributed by atoms with Crippen molar-refractivity contribution in [1.29, 1.82) is 0 Å². The largest absolute Gasteiger partial charge is 0.381 e. The van der Waals surface area contributed by atoms with Crippen LogP contribution in [0.3, 0.4) is 0 Å². The molecule has 0 bridgehead atoms. The lowest BCUT2D eigenvalue weighted by Gasteiger charge is -2.31. The van der Waals surface area contributed by atoms with E-state index in [4.69, 9.17) is 4.74 Å². The highest BCUT2D eigenvalue weighted by atomic mass is 16.6. The number of ether oxygens (including phenoxy) is 1. The van der Waals surface area contributed by atoms with Gasteiger partial charge in [0.1, 0.15) is 6.20 Å².